The summed E-state index contributed by atoms with van der Waals surface area (Å²) in [6.07, 6.45) is 1.55. The summed E-state index contributed by atoms with van der Waals surface area (Å²) in [5, 5.41) is 18.3. The molecule has 0 spiro atoms. The zero-order chi connectivity index (χ0) is 11.4. The molecule has 0 heterocycles. The van der Waals surface area contributed by atoms with E-state index >= 15 is 0 Å². The number of benzene rings is 1. The van der Waals surface area contributed by atoms with Gasteiger partial charge in [0.05, 0.1) is 0 Å². The van der Waals surface area contributed by atoms with Gasteiger partial charge < -0.3 is 10.8 Å². The van der Waals surface area contributed by atoms with E-state index in [0.717, 1.165) is 12.5 Å². The minimum Gasteiger partial charge on any atom is -0.506 e. The first-order valence-corrected chi connectivity index (χ1v) is 4.78. The van der Waals surface area contributed by atoms with E-state index in [-0.39, 0.29) is 29.8 Å². The maximum Gasteiger partial charge on any atom is 0.144 e. The van der Waals surface area contributed by atoms with Crippen LogP contribution in [-0.4, -0.2) is 5.11 Å². The van der Waals surface area contributed by atoms with Crippen LogP contribution < -0.4 is 5.73 Å². The topological polar surface area (TPSA) is 70.0 Å². The van der Waals surface area contributed by atoms with Gasteiger partial charge in [-0.1, -0.05) is 19.4 Å². The fourth-order valence-electron chi connectivity index (χ4n) is 1.45. The average molecular weight is 245 g/mol. The molecule has 0 radical (unpaired) electrons. The van der Waals surface area contributed by atoms with Gasteiger partial charge in [0.1, 0.15) is 23.2 Å². The van der Waals surface area contributed by atoms with Crippen LogP contribution in [0, 0.1) is 17.1 Å². The maximum absolute atomic E-state index is 13.1. The molecule has 88 valence electrons. The predicted molar refractivity (Wildman–Crippen MR) is 61.9 cm³/mol. The summed E-state index contributed by atoms with van der Waals surface area (Å²) in [7, 11) is 0. The molecule has 1 atom stereocenters. The van der Waals surface area contributed by atoms with E-state index in [9.17, 15) is 9.50 Å². The Morgan fingerprint density at radius 1 is 1.56 bits per heavy atom. The van der Waals surface area contributed by atoms with Gasteiger partial charge in [-0.2, -0.15) is 5.26 Å². The highest BCUT2D eigenvalue weighted by Gasteiger charge is 2.16. The first-order valence-electron chi connectivity index (χ1n) is 4.78. The number of rotatable bonds is 3. The Morgan fingerprint density at radius 2 is 2.19 bits per heavy atom. The van der Waals surface area contributed by atoms with Crippen molar-refractivity contribution in [3.63, 3.8) is 0 Å². The Bertz CT molecular complexity index is 404. The number of hydrogen-bond donors (Lipinski definition) is 2. The van der Waals surface area contributed by atoms with Crippen LogP contribution in [0.3, 0.4) is 0 Å². The summed E-state index contributed by atoms with van der Waals surface area (Å²) in [5.74, 6) is -1.05. The maximum atomic E-state index is 13.1. The van der Waals surface area contributed by atoms with Gasteiger partial charge in [-0.05, 0) is 12.5 Å². The van der Waals surface area contributed by atoms with Gasteiger partial charge in [0.25, 0.3) is 0 Å². The minimum atomic E-state index is -0.720. The molecule has 0 aromatic heterocycles. The molecule has 0 aliphatic carbocycles. The van der Waals surface area contributed by atoms with Crippen LogP contribution in [0.15, 0.2) is 12.1 Å². The fraction of sp³-hybridized carbons (Fsp3) is 0.364. The molecule has 0 saturated carbocycles. The van der Waals surface area contributed by atoms with Gasteiger partial charge in [0, 0.05) is 11.6 Å². The summed E-state index contributed by atoms with van der Waals surface area (Å²) >= 11 is 0. The molecule has 1 aromatic rings. The van der Waals surface area contributed by atoms with Crippen molar-refractivity contribution in [2.75, 3.05) is 0 Å². The van der Waals surface area contributed by atoms with Crippen LogP contribution in [0.4, 0.5) is 4.39 Å². The monoisotopic (exact) mass is 244 g/mol. The molecule has 1 rings (SSSR count). The standard InChI is InChI=1S/C11H13FN2O.ClH/c1-2-3-10(14)7-4-5-9(12)8(6-13)11(7)15;/h4-5,10,15H,2-3,14H2,1H3;1H/t10-;/m0./s1. The van der Waals surface area contributed by atoms with Gasteiger partial charge in [-0.3, -0.25) is 0 Å². The highest BCUT2D eigenvalue weighted by molar-refractivity contribution is 5.85. The van der Waals surface area contributed by atoms with E-state index in [0.29, 0.717) is 12.0 Å². The number of phenolic OH excluding ortho intramolecular Hbond substituents is 1. The first-order chi connectivity index (χ1) is 7.11. The lowest BCUT2D eigenvalue weighted by atomic mass is 9.99. The number of nitrogens with two attached hydrogens (primary N) is 1. The van der Waals surface area contributed by atoms with Gasteiger partial charge in [0.2, 0.25) is 0 Å². The number of phenols is 1. The Balaban J connectivity index is 0.00000225. The van der Waals surface area contributed by atoms with Gasteiger partial charge >= 0.3 is 0 Å². The predicted octanol–water partition coefficient (Wildman–Crippen LogP) is 2.62. The minimum absolute atomic E-state index is 0. The molecule has 3 N–H and O–H groups in total. The van der Waals surface area contributed by atoms with Crippen molar-refractivity contribution in [2.24, 2.45) is 5.73 Å². The molecular weight excluding hydrogens is 231 g/mol. The normalized spacial score (nSPS) is 11.4. The summed E-state index contributed by atoms with van der Waals surface area (Å²) < 4.78 is 13.1. The molecule has 0 fully saturated rings. The highest BCUT2D eigenvalue weighted by atomic mass is 35.5. The lowest BCUT2D eigenvalue weighted by Crippen LogP contribution is -2.10. The Kier molecular flexibility index (Phi) is 5.79. The van der Waals surface area contributed by atoms with E-state index < -0.39 is 5.82 Å². The summed E-state index contributed by atoms with van der Waals surface area (Å²) in [6, 6.07) is 3.84. The molecule has 0 aliphatic rings. The zero-order valence-corrected chi connectivity index (χ0v) is 9.72. The van der Waals surface area contributed by atoms with Crippen LogP contribution in [-0.2, 0) is 0 Å². The van der Waals surface area contributed by atoms with Gasteiger partial charge in [-0.25, -0.2) is 4.39 Å². The largest absolute Gasteiger partial charge is 0.506 e. The van der Waals surface area contributed by atoms with Crippen molar-refractivity contribution in [3.8, 4) is 11.8 Å². The van der Waals surface area contributed by atoms with Crippen molar-refractivity contribution in [3.05, 3.63) is 29.1 Å². The zero-order valence-electron chi connectivity index (χ0n) is 8.90. The van der Waals surface area contributed by atoms with E-state index in [1.165, 1.54) is 6.07 Å². The molecule has 0 amide bonds. The highest BCUT2D eigenvalue weighted by Crippen LogP contribution is 2.30. The number of halogens is 2. The molecule has 0 aliphatic heterocycles. The quantitative estimate of drug-likeness (QED) is 0.859. The fourth-order valence-corrected chi connectivity index (χ4v) is 1.45. The molecule has 0 bridgehead atoms. The van der Waals surface area contributed by atoms with Crippen molar-refractivity contribution in [1.82, 2.24) is 0 Å². The Labute approximate surface area is 100 Å². The van der Waals surface area contributed by atoms with Crippen LogP contribution >= 0.6 is 12.4 Å². The molecule has 3 nitrogen and oxygen atoms in total. The van der Waals surface area contributed by atoms with Gasteiger partial charge in [0.15, 0.2) is 0 Å². The van der Waals surface area contributed by atoms with Crippen LogP contribution in [0.1, 0.15) is 36.9 Å². The van der Waals surface area contributed by atoms with Crippen molar-refractivity contribution in [2.45, 2.75) is 25.8 Å². The number of aromatic hydroxyl groups is 1. The molecule has 0 saturated heterocycles. The summed E-state index contributed by atoms with van der Waals surface area (Å²) in [4.78, 5) is 0. The molecule has 5 heteroatoms. The average Bonchev–Trinajstić information content (AvgIpc) is 2.18. The molecule has 1 aromatic carbocycles. The molecule has 0 unspecified atom stereocenters. The lowest BCUT2D eigenvalue weighted by molar-refractivity contribution is 0.449. The summed E-state index contributed by atoms with van der Waals surface area (Å²) in [6.45, 7) is 1.96. The van der Waals surface area contributed by atoms with Crippen LogP contribution in [0.5, 0.6) is 5.75 Å². The number of hydrogen-bond acceptors (Lipinski definition) is 3. The SMILES string of the molecule is CCC[C@H](N)c1ccc(F)c(C#N)c1O.Cl. The van der Waals surface area contributed by atoms with Crippen LogP contribution in [0.25, 0.3) is 0 Å². The third kappa shape index (κ3) is 2.84. The van der Waals surface area contributed by atoms with Crippen molar-refractivity contribution >= 4 is 12.4 Å². The smallest absolute Gasteiger partial charge is 0.144 e. The Morgan fingerprint density at radius 3 is 2.69 bits per heavy atom. The van der Waals surface area contributed by atoms with Crippen molar-refractivity contribution < 1.29 is 9.50 Å². The second-order valence-corrected chi connectivity index (χ2v) is 3.37. The number of nitrogens with zero attached hydrogens (tertiary/aromatic N) is 1. The van der Waals surface area contributed by atoms with Crippen LogP contribution in [0.2, 0.25) is 0 Å². The first kappa shape index (κ1) is 14.7. The third-order valence-electron chi connectivity index (χ3n) is 2.27. The van der Waals surface area contributed by atoms with E-state index in [1.807, 2.05) is 6.92 Å². The van der Waals surface area contributed by atoms with E-state index in [1.54, 1.807) is 6.07 Å². The van der Waals surface area contributed by atoms with E-state index in [2.05, 4.69) is 0 Å². The van der Waals surface area contributed by atoms with Crippen molar-refractivity contribution in [1.29, 1.82) is 5.26 Å². The lowest BCUT2D eigenvalue weighted by Gasteiger charge is -2.13. The molecule has 16 heavy (non-hydrogen) atoms. The Hall–Kier alpha value is -1.31. The molecular formula is C11H14ClFN2O. The number of nitriles is 1. The van der Waals surface area contributed by atoms with Gasteiger partial charge in [-0.15, -0.1) is 12.4 Å². The summed E-state index contributed by atoms with van der Waals surface area (Å²) in [5.41, 5.74) is 5.88. The third-order valence-corrected chi connectivity index (χ3v) is 2.27. The second kappa shape index (κ2) is 6.31. The second-order valence-electron chi connectivity index (χ2n) is 3.37. The van der Waals surface area contributed by atoms with E-state index in [4.69, 9.17) is 11.0 Å².